The van der Waals surface area contributed by atoms with Gasteiger partial charge in [-0.25, -0.2) is 4.39 Å². The van der Waals surface area contributed by atoms with Crippen LogP contribution < -0.4 is 10.1 Å². The van der Waals surface area contributed by atoms with E-state index in [1.54, 1.807) is 45.2 Å². The molecule has 0 heterocycles. The third-order valence-electron chi connectivity index (χ3n) is 3.74. The third kappa shape index (κ3) is 5.96. The molecule has 144 valence electrons. The Kier molecular flexibility index (Phi) is 7.19. The summed E-state index contributed by atoms with van der Waals surface area (Å²) in [7, 11) is 1.55. The molecule has 0 aliphatic carbocycles. The number of benzene rings is 2. The van der Waals surface area contributed by atoms with Crippen LogP contribution in [0, 0.1) is 5.82 Å². The SMILES string of the molecule is COc1ccc(C(CC(=O)OC(C)C)NC(=O)c2ccc(F)cc2Cl)cc1. The van der Waals surface area contributed by atoms with Gasteiger partial charge in [-0.05, 0) is 49.7 Å². The zero-order chi connectivity index (χ0) is 20.0. The second-order valence-corrected chi connectivity index (χ2v) is 6.57. The van der Waals surface area contributed by atoms with Crippen molar-refractivity contribution in [1.29, 1.82) is 0 Å². The number of esters is 1. The van der Waals surface area contributed by atoms with Crippen LogP contribution in [0.25, 0.3) is 0 Å². The highest BCUT2D eigenvalue weighted by Crippen LogP contribution is 2.23. The number of hydrogen-bond donors (Lipinski definition) is 1. The molecule has 0 bridgehead atoms. The standard InChI is InChI=1S/C20H21ClFNO4/c1-12(2)27-19(24)11-18(13-4-7-15(26-3)8-5-13)23-20(25)16-9-6-14(22)10-17(16)21/h4-10,12,18H,11H2,1-3H3,(H,23,25). The highest BCUT2D eigenvalue weighted by atomic mass is 35.5. The van der Waals surface area contributed by atoms with Gasteiger partial charge in [-0.3, -0.25) is 9.59 Å². The minimum absolute atomic E-state index is 0.00858. The largest absolute Gasteiger partial charge is 0.497 e. The van der Waals surface area contributed by atoms with E-state index < -0.39 is 23.7 Å². The van der Waals surface area contributed by atoms with Crippen LogP contribution in [-0.2, 0) is 9.53 Å². The van der Waals surface area contributed by atoms with Crippen molar-refractivity contribution < 1.29 is 23.5 Å². The van der Waals surface area contributed by atoms with Gasteiger partial charge in [0, 0.05) is 0 Å². The van der Waals surface area contributed by atoms with Crippen molar-refractivity contribution in [2.75, 3.05) is 7.11 Å². The first-order valence-corrected chi connectivity index (χ1v) is 8.77. The minimum atomic E-state index is -0.643. The first-order valence-electron chi connectivity index (χ1n) is 8.39. The predicted octanol–water partition coefficient (Wildman–Crippen LogP) is 4.30. The number of carbonyl (C=O) groups excluding carboxylic acids is 2. The number of rotatable bonds is 7. The van der Waals surface area contributed by atoms with Gasteiger partial charge in [0.15, 0.2) is 0 Å². The summed E-state index contributed by atoms with van der Waals surface area (Å²) in [6.45, 7) is 3.49. The number of ether oxygens (including phenoxy) is 2. The summed E-state index contributed by atoms with van der Waals surface area (Å²) in [5, 5.41) is 2.76. The fraction of sp³-hybridized carbons (Fsp3) is 0.300. The average molecular weight is 394 g/mol. The molecule has 0 radical (unpaired) electrons. The fourth-order valence-corrected chi connectivity index (χ4v) is 2.73. The second kappa shape index (κ2) is 9.37. The number of carbonyl (C=O) groups is 2. The number of hydrogen-bond acceptors (Lipinski definition) is 4. The van der Waals surface area contributed by atoms with Crippen LogP contribution in [0.3, 0.4) is 0 Å². The molecule has 1 atom stereocenters. The van der Waals surface area contributed by atoms with E-state index in [1.165, 1.54) is 6.07 Å². The molecule has 2 aromatic carbocycles. The Hall–Kier alpha value is -2.60. The van der Waals surface area contributed by atoms with Crippen LogP contribution in [0.15, 0.2) is 42.5 Å². The van der Waals surface area contributed by atoms with E-state index in [0.29, 0.717) is 11.3 Å². The molecule has 0 fully saturated rings. The van der Waals surface area contributed by atoms with Gasteiger partial charge in [0.25, 0.3) is 5.91 Å². The van der Waals surface area contributed by atoms with Crippen molar-refractivity contribution >= 4 is 23.5 Å². The minimum Gasteiger partial charge on any atom is -0.497 e. The van der Waals surface area contributed by atoms with Gasteiger partial charge in [0.05, 0.1) is 36.3 Å². The first kappa shape index (κ1) is 20.7. The highest BCUT2D eigenvalue weighted by molar-refractivity contribution is 6.33. The van der Waals surface area contributed by atoms with Crippen molar-refractivity contribution in [2.45, 2.75) is 32.4 Å². The van der Waals surface area contributed by atoms with E-state index in [1.807, 2.05) is 0 Å². The number of nitrogens with one attached hydrogen (secondary N) is 1. The van der Waals surface area contributed by atoms with Crippen LogP contribution >= 0.6 is 11.6 Å². The molecule has 1 amide bonds. The molecule has 0 saturated heterocycles. The van der Waals surface area contributed by atoms with Crippen molar-refractivity contribution in [3.05, 3.63) is 64.4 Å². The van der Waals surface area contributed by atoms with E-state index in [4.69, 9.17) is 21.1 Å². The normalized spacial score (nSPS) is 11.8. The second-order valence-electron chi connectivity index (χ2n) is 6.17. The zero-order valence-corrected chi connectivity index (χ0v) is 16.0. The Bertz CT molecular complexity index is 808. The van der Waals surface area contributed by atoms with Gasteiger partial charge >= 0.3 is 5.97 Å². The summed E-state index contributed by atoms with van der Waals surface area (Å²) in [5.41, 5.74) is 0.817. The molecule has 2 rings (SSSR count). The molecule has 1 unspecified atom stereocenters. The zero-order valence-electron chi connectivity index (χ0n) is 15.3. The quantitative estimate of drug-likeness (QED) is 0.712. The lowest BCUT2D eigenvalue weighted by molar-refractivity contribution is -0.147. The van der Waals surface area contributed by atoms with E-state index >= 15 is 0 Å². The molecule has 0 aliphatic heterocycles. The predicted molar refractivity (Wildman–Crippen MR) is 100 cm³/mol. The molecule has 0 aromatic heterocycles. The lowest BCUT2D eigenvalue weighted by Gasteiger charge is -2.20. The first-order chi connectivity index (χ1) is 12.8. The van der Waals surface area contributed by atoms with Gasteiger partial charge in [0.1, 0.15) is 11.6 Å². The van der Waals surface area contributed by atoms with Crippen LogP contribution in [-0.4, -0.2) is 25.1 Å². The Morgan fingerprint density at radius 3 is 2.37 bits per heavy atom. The number of methoxy groups -OCH3 is 1. The van der Waals surface area contributed by atoms with Crippen molar-refractivity contribution in [1.82, 2.24) is 5.32 Å². The smallest absolute Gasteiger partial charge is 0.308 e. The van der Waals surface area contributed by atoms with Crippen LogP contribution in [0.2, 0.25) is 5.02 Å². The Balaban J connectivity index is 2.24. The topological polar surface area (TPSA) is 64.6 Å². The molecule has 5 nitrogen and oxygen atoms in total. The van der Waals surface area contributed by atoms with Crippen LogP contribution in [0.1, 0.15) is 42.2 Å². The summed E-state index contributed by atoms with van der Waals surface area (Å²) in [5.74, 6) is -0.853. The monoisotopic (exact) mass is 393 g/mol. The van der Waals surface area contributed by atoms with E-state index in [-0.39, 0.29) is 23.1 Å². The maximum atomic E-state index is 13.2. The van der Waals surface area contributed by atoms with Crippen molar-refractivity contribution in [3.8, 4) is 5.75 Å². The van der Waals surface area contributed by atoms with Gasteiger partial charge in [0.2, 0.25) is 0 Å². The molecule has 2 aromatic rings. The Labute approximate surface area is 162 Å². The molecule has 0 saturated carbocycles. The summed E-state index contributed by atoms with van der Waals surface area (Å²) >= 11 is 5.96. The number of halogens is 2. The summed E-state index contributed by atoms with van der Waals surface area (Å²) in [4.78, 5) is 24.7. The summed E-state index contributed by atoms with van der Waals surface area (Å²) in [6.07, 6.45) is -0.328. The van der Waals surface area contributed by atoms with Crippen LogP contribution in [0.5, 0.6) is 5.75 Å². The van der Waals surface area contributed by atoms with Crippen molar-refractivity contribution in [3.63, 3.8) is 0 Å². The maximum absolute atomic E-state index is 13.2. The van der Waals surface area contributed by atoms with Gasteiger partial charge in [-0.2, -0.15) is 0 Å². The fourth-order valence-electron chi connectivity index (χ4n) is 2.48. The summed E-state index contributed by atoms with van der Waals surface area (Å²) < 4.78 is 23.5. The molecule has 27 heavy (non-hydrogen) atoms. The molecule has 1 N–H and O–H groups in total. The molecule has 0 aliphatic rings. The van der Waals surface area contributed by atoms with E-state index in [0.717, 1.165) is 12.1 Å². The average Bonchev–Trinajstić information content (AvgIpc) is 2.60. The highest BCUT2D eigenvalue weighted by Gasteiger charge is 2.22. The molecule has 7 heteroatoms. The Morgan fingerprint density at radius 2 is 1.81 bits per heavy atom. The molecule has 0 spiro atoms. The van der Waals surface area contributed by atoms with E-state index in [9.17, 15) is 14.0 Å². The Morgan fingerprint density at radius 1 is 1.15 bits per heavy atom. The van der Waals surface area contributed by atoms with Crippen molar-refractivity contribution in [2.24, 2.45) is 0 Å². The number of amides is 1. The van der Waals surface area contributed by atoms with Gasteiger partial charge in [-0.1, -0.05) is 23.7 Å². The lowest BCUT2D eigenvalue weighted by Crippen LogP contribution is -2.31. The molecular formula is C20H21ClFNO4. The molecular weight excluding hydrogens is 373 g/mol. The van der Waals surface area contributed by atoms with Gasteiger partial charge < -0.3 is 14.8 Å². The van der Waals surface area contributed by atoms with Crippen LogP contribution in [0.4, 0.5) is 4.39 Å². The summed E-state index contributed by atoms with van der Waals surface area (Å²) in [6, 6.07) is 9.82. The maximum Gasteiger partial charge on any atom is 0.308 e. The van der Waals surface area contributed by atoms with E-state index in [2.05, 4.69) is 5.32 Å². The third-order valence-corrected chi connectivity index (χ3v) is 4.05. The van der Waals surface area contributed by atoms with Gasteiger partial charge in [-0.15, -0.1) is 0 Å². The lowest BCUT2D eigenvalue weighted by atomic mass is 10.0.